The van der Waals surface area contributed by atoms with E-state index >= 15 is 0 Å². The number of nitrogens with one attached hydrogen (secondary N) is 1. The van der Waals surface area contributed by atoms with E-state index < -0.39 is 6.04 Å². The molecule has 2 amide bonds. The van der Waals surface area contributed by atoms with Crippen molar-refractivity contribution in [3.63, 3.8) is 0 Å². The van der Waals surface area contributed by atoms with E-state index in [2.05, 4.69) is 10.3 Å². The van der Waals surface area contributed by atoms with Crippen LogP contribution in [0.2, 0.25) is 10.0 Å². The monoisotopic (exact) mass is 432 g/mol. The molecule has 0 fully saturated rings. The summed E-state index contributed by atoms with van der Waals surface area (Å²) in [5.74, 6) is 0.510. The lowest BCUT2D eigenvalue weighted by molar-refractivity contribution is 0.192. The van der Waals surface area contributed by atoms with Crippen LogP contribution in [0.5, 0.6) is 0 Å². The molecule has 0 aliphatic heterocycles. The summed E-state index contributed by atoms with van der Waals surface area (Å²) in [6, 6.07) is 11.2. The number of anilines is 1. The van der Waals surface area contributed by atoms with Crippen LogP contribution in [0.4, 0.5) is 10.5 Å². The number of carbonyl (C=O) groups excluding carboxylic acids is 1. The lowest BCUT2D eigenvalue weighted by Gasteiger charge is -2.29. The topological polar surface area (TPSA) is 67.2 Å². The summed E-state index contributed by atoms with van der Waals surface area (Å²) in [7, 11) is 0. The summed E-state index contributed by atoms with van der Waals surface area (Å²) in [5.41, 5.74) is 0.960. The third kappa shape index (κ3) is 4.38. The van der Waals surface area contributed by atoms with Gasteiger partial charge in [-0.15, -0.1) is 0 Å². The molecule has 1 atom stereocenters. The van der Waals surface area contributed by atoms with Crippen molar-refractivity contribution < 1.29 is 4.79 Å². The highest BCUT2D eigenvalue weighted by Gasteiger charge is 2.25. The molecule has 0 saturated carbocycles. The predicted octanol–water partition coefficient (Wildman–Crippen LogP) is 5.34. The first-order valence-corrected chi connectivity index (χ1v) is 10.1. The lowest BCUT2D eigenvalue weighted by atomic mass is 10.2. The molecule has 29 heavy (non-hydrogen) atoms. The Morgan fingerprint density at radius 1 is 1.17 bits per heavy atom. The Morgan fingerprint density at radius 3 is 2.55 bits per heavy atom. The Balaban J connectivity index is 2.00. The van der Waals surface area contributed by atoms with Crippen molar-refractivity contribution in [2.24, 2.45) is 0 Å². The molecule has 0 saturated heterocycles. The van der Waals surface area contributed by atoms with Gasteiger partial charge in [0.1, 0.15) is 5.82 Å². The van der Waals surface area contributed by atoms with Crippen molar-refractivity contribution >= 4 is 45.8 Å². The molecule has 2 aromatic carbocycles. The minimum absolute atomic E-state index is 0.151. The number of aromatic nitrogens is 2. The molecule has 0 spiro atoms. The summed E-state index contributed by atoms with van der Waals surface area (Å²) in [4.78, 5) is 32.2. The summed E-state index contributed by atoms with van der Waals surface area (Å²) in [5, 5.41) is 4.38. The minimum Gasteiger partial charge on any atom is -0.315 e. The number of hydrogen-bond acceptors (Lipinski definition) is 3. The third-order valence-electron chi connectivity index (χ3n) is 4.78. The molecule has 0 radical (unpaired) electrons. The van der Waals surface area contributed by atoms with Crippen molar-refractivity contribution in [2.75, 3.05) is 11.9 Å². The van der Waals surface area contributed by atoms with E-state index in [0.29, 0.717) is 45.5 Å². The zero-order valence-corrected chi connectivity index (χ0v) is 18.0. The van der Waals surface area contributed by atoms with E-state index in [1.54, 1.807) is 51.9 Å². The molecular weight excluding hydrogens is 411 g/mol. The second kappa shape index (κ2) is 8.84. The van der Waals surface area contributed by atoms with Gasteiger partial charge >= 0.3 is 6.03 Å². The van der Waals surface area contributed by atoms with Gasteiger partial charge < -0.3 is 10.2 Å². The Bertz CT molecular complexity index is 1110. The van der Waals surface area contributed by atoms with Crippen LogP contribution in [0.3, 0.4) is 0 Å². The molecule has 1 unspecified atom stereocenters. The van der Waals surface area contributed by atoms with Crippen LogP contribution in [0.15, 0.2) is 47.3 Å². The highest BCUT2D eigenvalue weighted by molar-refractivity contribution is 6.31. The van der Waals surface area contributed by atoms with Crippen molar-refractivity contribution in [1.82, 2.24) is 14.5 Å². The van der Waals surface area contributed by atoms with Crippen LogP contribution < -0.4 is 10.9 Å². The first-order chi connectivity index (χ1) is 13.8. The first kappa shape index (κ1) is 21.1. The van der Waals surface area contributed by atoms with Crippen molar-refractivity contribution in [3.05, 3.63) is 68.7 Å². The van der Waals surface area contributed by atoms with Crippen LogP contribution in [0.1, 0.15) is 32.6 Å². The van der Waals surface area contributed by atoms with Gasteiger partial charge in [-0.1, -0.05) is 29.3 Å². The number of fused-ring (bicyclic) bond motifs is 1. The fraction of sp³-hybridized carbons (Fsp3) is 0.286. The molecule has 152 valence electrons. The number of halogens is 2. The third-order valence-corrected chi connectivity index (χ3v) is 5.25. The number of nitrogens with zero attached hydrogens (tertiary/aromatic N) is 3. The number of benzene rings is 2. The quantitative estimate of drug-likeness (QED) is 0.591. The minimum atomic E-state index is -0.435. The lowest BCUT2D eigenvalue weighted by Crippen LogP contribution is -2.40. The molecule has 3 rings (SSSR count). The zero-order chi connectivity index (χ0) is 21.1. The van der Waals surface area contributed by atoms with E-state index in [-0.39, 0.29) is 11.6 Å². The first-order valence-electron chi connectivity index (χ1n) is 9.38. The standard InChI is InChI=1S/C21H22Cl2N4O2/c1-4-26(21(29)24-16-8-6-7-14(22)11-16)13(3)19-25-18-12-15(23)9-10-17(18)20(28)27(19)5-2/h6-13H,4-5H2,1-3H3,(H,24,29). The Morgan fingerprint density at radius 2 is 1.90 bits per heavy atom. The van der Waals surface area contributed by atoms with Gasteiger partial charge in [0.25, 0.3) is 5.56 Å². The fourth-order valence-electron chi connectivity index (χ4n) is 3.33. The van der Waals surface area contributed by atoms with Crippen molar-refractivity contribution in [2.45, 2.75) is 33.4 Å². The Labute approximate surface area is 179 Å². The molecule has 1 heterocycles. The normalized spacial score (nSPS) is 12.0. The van der Waals surface area contributed by atoms with E-state index in [1.807, 2.05) is 20.8 Å². The van der Waals surface area contributed by atoms with Gasteiger partial charge in [-0.25, -0.2) is 9.78 Å². The average molecular weight is 433 g/mol. The molecular formula is C21H22Cl2N4O2. The molecule has 1 N–H and O–H groups in total. The summed E-state index contributed by atoms with van der Waals surface area (Å²) >= 11 is 12.1. The highest BCUT2D eigenvalue weighted by atomic mass is 35.5. The summed E-state index contributed by atoms with van der Waals surface area (Å²) in [6.07, 6.45) is 0. The molecule has 3 aromatic rings. The summed E-state index contributed by atoms with van der Waals surface area (Å²) in [6.45, 7) is 6.48. The molecule has 6 nitrogen and oxygen atoms in total. The molecule has 0 aliphatic carbocycles. The second-order valence-electron chi connectivity index (χ2n) is 6.58. The van der Waals surface area contributed by atoms with Crippen LogP contribution in [0, 0.1) is 0 Å². The van der Waals surface area contributed by atoms with E-state index in [4.69, 9.17) is 23.2 Å². The second-order valence-corrected chi connectivity index (χ2v) is 7.46. The van der Waals surface area contributed by atoms with Gasteiger partial charge in [-0.2, -0.15) is 0 Å². The van der Waals surface area contributed by atoms with Crippen molar-refractivity contribution in [1.29, 1.82) is 0 Å². The van der Waals surface area contributed by atoms with Gasteiger partial charge in [0.2, 0.25) is 0 Å². The highest BCUT2D eigenvalue weighted by Crippen LogP contribution is 2.23. The van der Waals surface area contributed by atoms with E-state index in [0.717, 1.165) is 0 Å². The Hall–Kier alpha value is -2.57. The van der Waals surface area contributed by atoms with Gasteiger partial charge in [0.05, 0.1) is 16.9 Å². The maximum absolute atomic E-state index is 13.0. The van der Waals surface area contributed by atoms with Crippen LogP contribution >= 0.6 is 23.2 Å². The number of hydrogen-bond donors (Lipinski definition) is 1. The smallest absolute Gasteiger partial charge is 0.315 e. The van der Waals surface area contributed by atoms with E-state index in [9.17, 15) is 9.59 Å². The predicted molar refractivity (Wildman–Crippen MR) is 118 cm³/mol. The number of urea groups is 1. The van der Waals surface area contributed by atoms with Crippen LogP contribution in [-0.4, -0.2) is 27.0 Å². The fourth-order valence-corrected chi connectivity index (χ4v) is 3.69. The van der Waals surface area contributed by atoms with Gasteiger partial charge in [-0.3, -0.25) is 9.36 Å². The van der Waals surface area contributed by atoms with Crippen LogP contribution in [0.25, 0.3) is 10.9 Å². The Kier molecular flexibility index (Phi) is 6.45. The maximum atomic E-state index is 13.0. The number of carbonyl (C=O) groups is 1. The summed E-state index contributed by atoms with van der Waals surface area (Å²) < 4.78 is 1.59. The van der Waals surface area contributed by atoms with Gasteiger partial charge in [-0.05, 0) is 57.2 Å². The molecule has 0 aliphatic rings. The number of rotatable bonds is 5. The zero-order valence-electron chi connectivity index (χ0n) is 16.4. The largest absolute Gasteiger partial charge is 0.322 e. The van der Waals surface area contributed by atoms with E-state index in [1.165, 1.54) is 0 Å². The molecule has 1 aromatic heterocycles. The van der Waals surface area contributed by atoms with Crippen LogP contribution in [-0.2, 0) is 6.54 Å². The van der Waals surface area contributed by atoms with Gasteiger partial charge in [0, 0.05) is 28.8 Å². The van der Waals surface area contributed by atoms with Gasteiger partial charge in [0.15, 0.2) is 0 Å². The molecule has 0 bridgehead atoms. The number of amides is 2. The van der Waals surface area contributed by atoms with Crippen molar-refractivity contribution in [3.8, 4) is 0 Å². The maximum Gasteiger partial charge on any atom is 0.322 e. The SMILES string of the molecule is CCN(C(=O)Nc1cccc(Cl)c1)C(C)c1nc2cc(Cl)ccc2c(=O)n1CC. The average Bonchev–Trinajstić information content (AvgIpc) is 2.68. The molecule has 8 heteroatoms.